The van der Waals surface area contributed by atoms with Crippen molar-refractivity contribution in [3.63, 3.8) is 0 Å². The van der Waals surface area contributed by atoms with Gasteiger partial charge in [-0.1, -0.05) is 11.3 Å². The van der Waals surface area contributed by atoms with Gasteiger partial charge in [-0.2, -0.15) is 8.78 Å². The Morgan fingerprint density at radius 2 is 2.03 bits per heavy atom. The first kappa shape index (κ1) is 18.9. The quantitative estimate of drug-likeness (QED) is 0.449. The van der Waals surface area contributed by atoms with Gasteiger partial charge >= 0.3 is 6.61 Å². The molecule has 0 radical (unpaired) electrons. The van der Waals surface area contributed by atoms with E-state index in [9.17, 15) is 13.2 Å². The summed E-state index contributed by atoms with van der Waals surface area (Å²) in [6.45, 7) is -3.07. The molecule has 3 aromatic heterocycles. The fraction of sp³-hybridized carbons (Fsp3) is 0.111. The van der Waals surface area contributed by atoms with Crippen molar-refractivity contribution in [1.82, 2.24) is 25.0 Å². The number of alkyl halides is 2. The summed E-state index contributed by atoms with van der Waals surface area (Å²) >= 11 is 1.56. The zero-order valence-electron chi connectivity index (χ0n) is 14.6. The summed E-state index contributed by atoms with van der Waals surface area (Å²) < 4.78 is 49.2. The molecular formula is C18H12F3N5O2S. The lowest BCUT2D eigenvalue weighted by molar-refractivity contribution is -0.0521. The monoisotopic (exact) mass is 419 g/mol. The summed E-state index contributed by atoms with van der Waals surface area (Å²) in [5.74, 6) is -1.16. The average molecular weight is 419 g/mol. The summed E-state index contributed by atoms with van der Waals surface area (Å²) in [5.41, 5.74) is 1.51. The minimum atomic E-state index is -3.13. The molecule has 0 atom stereocenters. The van der Waals surface area contributed by atoms with Gasteiger partial charge in [0.25, 0.3) is 0 Å². The third-order valence-electron chi connectivity index (χ3n) is 3.71. The molecule has 0 N–H and O–H groups in total. The highest BCUT2D eigenvalue weighted by Gasteiger charge is 2.13. The van der Waals surface area contributed by atoms with Crippen LogP contribution in [0.4, 0.5) is 13.2 Å². The first-order valence-corrected chi connectivity index (χ1v) is 9.11. The molecule has 0 saturated heterocycles. The molecule has 0 aliphatic heterocycles. The highest BCUT2D eigenvalue weighted by molar-refractivity contribution is 7.13. The first-order valence-electron chi connectivity index (χ1n) is 8.23. The second-order valence-corrected chi connectivity index (χ2v) is 6.60. The maximum atomic E-state index is 13.5. The number of aromatic nitrogens is 5. The molecule has 0 unspecified atom stereocenters. The Morgan fingerprint density at radius 1 is 1.14 bits per heavy atom. The van der Waals surface area contributed by atoms with Gasteiger partial charge in [0.1, 0.15) is 12.3 Å². The van der Waals surface area contributed by atoms with Crippen LogP contribution in [0.15, 0.2) is 54.3 Å². The number of benzene rings is 1. The molecule has 0 saturated carbocycles. The molecule has 3 heterocycles. The Kier molecular flexibility index (Phi) is 5.38. The van der Waals surface area contributed by atoms with E-state index in [1.54, 1.807) is 17.5 Å². The Morgan fingerprint density at radius 3 is 2.76 bits per heavy atom. The minimum Gasteiger partial charge on any atom is -0.470 e. The SMILES string of the molecule is Fc1ccc(-n2cc(COc3cnc(-c4cccs4)cn3)nn2)cc1OC(F)F. The number of rotatable bonds is 7. The summed E-state index contributed by atoms with van der Waals surface area (Å²) in [7, 11) is 0. The average Bonchev–Trinajstić information content (AvgIpc) is 3.40. The standard InChI is InChI=1S/C18H12F3N5O2S/c19-13-4-3-12(6-15(13)28-18(20)21)26-9-11(24-25-26)10-27-17-8-22-14(7-23-17)16-2-1-5-29-16/h1-9,18H,10H2. The van der Waals surface area contributed by atoms with Crippen LogP contribution in [0.1, 0.15) is 5.69 Å². The van der Waals surface area contributed by atoms with E-state index in [1.165, 1.54) is 23.1 Å². The molecule has 0 aliphatic carbocycles. The van der Waals surface area contributed by atoms with E-state index in [2.05, 4.69) is 25.0 Å². The van der Waals surface area contributed by atoms with Crippen molar-refractivity contribution in [3.05, 3.63) is 65.8 Å². The van der Waals surface area contributed by atoms with Crippen molar-refractivity contribution in [2.24, 2.45) is 0 Å². The second-order valence-electron chi connectivity index (χ2n) is 5.65. The molecule has 11 heteroatoms. The zero-order valence-corrected chi connectivity index (χ0v) is 15.4. The summed E-state index contributed by atoms with van der Waals surface area (Å²) in [6, 6.07) is 7.35. The minimum absolute atomic E-state index is 0.0641. The van der Waals surface area contributed by atoms with Crippen molar-refractivity contribution in [3.8, 4) is 27.9 Å². The van der Waals surface area contributed by atoms with E-state index < -0.39 is 18.2 Å². The van der Waals surface area contributed by atoms with Gasteiger partial charge in [0.2, 0.25) is 5.88 Å². The van der Waals surface area contributed by atoms with Gasteiger partial charge in [-0.05, 0) is 23.6 Å². The van der Waals surface area contributed by atoms with Crippen LogP contribution in [-0.2, 0) is 6.61 Å². The summed E-state index contributed by atoms with van der Waals surface area (Å²) in [5, 5.41) is 9.77. The number of nitrogens with zero attached hydrogens (tertiary/aromatic N) is 5. The van der Waals surface area contributed by atoms with Gasteiger partial charge in [-0.15, -0.1) is 16.4 Å². The smallest absolute Gasteiger partial charge is 0.387 e. The molecule has 0 bridgehead atoms. The van der Waals surface area contributed by atoms with Crippen LogP contribution in [0.2, 0.25) is 0 Å². The molecule has 148 valence electrons. The van der Waals surface area contributed by atoms with Crippen LogP contribution in [0.25, 0.3) is 16.3 Å². The van der Waals surface area contributed by atoms with Crippen molar-refractivity contribution in [1.29, 1.82) is 0 Å². The lowest BCUT2D eigenvalue weighted by Crippen LogP contribution is -2.05. The van der Waals surface area contributed by atoms with E-state index in [4.69, 9.17) is 4.74 Å². The van der Waals surface area contributed by atoms with Gasteiger partial charge in [-0.25, -0.2) is 19.0 Å². The topological polar surface area (TPSA) is 75.0 Å². The molecule has 0 amide bonds. The summed E-state index contributed by atoms with van der Waals surface area (Å²) in [4.78, 5) is 9.50. The van der Waals surface area contributed by atoms with Crippen molar-refractivity contribution >= 4 is 11.3 Å². The van der Waals surface area contributed by atoms with E-state index in [-0.39, 0.29) is 6.61 Å². The Balaban J connectivity index is 1.42. The molecular weight excluding hydrogens is 407 g/mol. The highest BCUT2D eigenvalue weighted by Crippen LogP contribution is 2.24. The Bertz CT molecular complexity index is 1090. The molecule has 4 rings (SSSR count). The molecule has 0 spiro atoms. The summed E-state index contributed by atoms with van der Waals surface area (Å²) in [6.07, 6.45) is 4.64. The molecule has 1 aromatic carbocycles. The van der Waals surface area contributed by atoms with E-state index in [1.807, 2.05) is 17.5 Å². The largest absolute Gasteiger partial charge is 0.470 e. The third-order valence-corrected chi connectivity index (χ3v) is 4.60. The maximum absolute atomic E-state index is 13.5. The Hall–Kier alpha value is -3.47. The number of ether oxygens (including phenoxy) is 2. The van der Waals surface area contributed by atoms with Gasteiger partial charge in [0.05, 0.1) is 34.8 Å². The lowest BCUT2D eigenvalue weighted by Gasteiger charge is -2.07. The van der Waals surface area contributed by atoms with Crippen molar-refractivity contribution in [2.75, 3.05) is 0 Å². The van der Waals surface area contributed by atoms with E-state index >= 15 is 0 Å². The van der Waals surface area contributed by atoms with Crippen LogP contribution in [0, 0.1) is 5.82 Å². The molecule has 0 aliphatic rings. The van der Waals surface area contributed by atoms with Gasteiger partial charge in [0, 0.05) is 6.07 Å². The van der Waals surface area contributed by atoms with Gasteiger partial charge in [-0.3, -0.25) is 0 Å². The van der Waals surface area contributed by atoms with Crippen LogP contribution in [0.5, 0.6) is 11.6 Å². The molecule has 4 aromatic rings. The number of halogens is 3. The number of thiophene rings is 1. The second kappa shape index (κ2) is 8.27. The predicted molar refractivity (Wildman–Crippen MR) is 97.6 cm³/mol. The maximum Gasteiger partial charge on any atom is 0.387 e. The van der Waals surface area contributed by atoms with Crippen molar-refractivity contribution in [2.45, 2.75) is 13.2 Å². The molecule has 29 heavy (non-hydrogen) atoms. The van der Waals surface area contributed by atoms with Crippen LogP contribution >= 0.6 is 11.3 Å². The van der Waals surface area contributed by atoms with Crippen molar-refractivity contribution < 1.29 is 22.6 Å². The zero-order chi connectivity index (χ0) is 20.2. The number of hydrogen-bond acceptors (Lipinski definition) is 7. The fourth-order valence-electron chi connectivity index (χ4n) is 2.40. The molecule has 7 nitrogen and oxygen atoms in total. The first-order chi connectivity index (χ1) is 14.1. The number of hydrogen-bond donors (Lipinski definition) is 0. The van der Waals surface area contributed by atoms with Crippen LogP contribution < -0.4 is 9.47 Å². The van der Waals surface area contributed by atoms with Crippen LogP contribution in [0.3, 0.4) is 0 Å². The lowest BCUT2D eigenvalue weighted by atomic mass is 10.3. The van der Waals surface area contributed by atoms with Gasteiger partial charge in [0.15, 0.2) is 11.6 Å². The predicted octanol–water partition coefficient (Wildman–Crippen LogP) is 4.11. The Labute approximate surface area is 166 Å². The van der Waals surface area contributed by atoms with Crippen LogP contribution in [-0.4, -0.2) is 31.6 Å². The normalized spacial score (nSPS) is 11.0. The van der Waals surface area contributed by atoms with Gasteiger partial charge < -0.3 is 9.47 Å². The fourth-order valence-corrected chi connectivity index (χ4v) is 3.09. The van der Waals surface area contributed by atoms with E-state index in [0.29, 0.717) is 17.3 Å². The highest BCUT2D eigenvalue weighted by atomic mass is 32.1. The molecule has 0 fully saturated rings. The van der Waals surface area contributed by atoms with E-state index in [0.717, 1.165) is 22.7 Å². The third kappa shape index (κ3) is 4.51.